The van der Waals surface area contributed by atoms with Gasteiger partial charge >= 0.3 is 6.03 Å². The van der Waals surface area contributed by atoms with Crippen LogP contribution in [0.5, 0.6) is 0 Å². The van der Waals surface area contributed by atoms with Gasteiger partial charge in [0.1, 0.15) is 0 Å². The number of carbonyl (C=O) groups excluding carboxylic acids is 1. The van der Waals surface area contributed by atoms with Gasteiger partial charge in [-0.2, -0.15) is 0 Å². The van der Waals surface area contributed by atoms with Crippen molar-refractivity contribution in [2.24, 2.45) is 0 Å². The molecule has 2 saturated heterocycles. The second-order valence-electron chi connectivity index (χ2n) is 4.77. The molecule has 0 aliphatic carbocycles. The quantitative estimate of drug-likeness (QED) is 0.783. The highest BCUT2D eigenvalue weighted by Gasteiger charge is 2.22. The lowest BCUT2D eigenvalue weighted by Gasteiger charge is -2.32. The van der Waals surface area contributed by atoms with E-state index in [1.165, 1.54) is 0 Å². The van der Waals surface area contributed by atoms with Crippen molar-refractivity contribution in [1.82, 2.24) is 15.1 Å². The van der Waals surface area contributed by atoms with Crippen molar-refractivity contribution in [3.63, 3.8) is 0 Å². The monoisotopic (exact) mass is 241 g/mol. The first-order valence-corrected chi connectivity index (χ1v) is 6.66. The van der Waals surface area contributed by atoms with E-state index in [2.05, 4.69) is 17.1 Å². The lowest BCUT2D eigenvalue weighted by Crippen LogP contribution is -2.49. The molecule has 0 radical (unpaired) electrons. The van der Waals surface area contributed by atoms with Gasteiger partial charge in [-0.3, -0.25) is 4.90 Å². The number of carbonyl (C=O) groups is 1. The minimum Gasteiger partial charge on any atom is -0.374 e. The minimum absolute atomic E-state index is 0.0692. The van der Waals surface area contributed by atoms with Crippen LogP contribution >= 0.6 is 0 Å². The summed E-state index contributed by atoms with van der Waals surface area (Å²) in [5.74, 6) is 0. The van der Waals surface area contributed by atoms with Crippen molar-refractivity contribution in [1.29, 1.82) is 0 Å². The Kier molecular flexibility index (Phi) is 4.62. The van der Waals surface area contributed by atoms with E-state index in [1.54, 1.807) is 0 Å². The first-order valence-electron chi connectivity index (χ1n) is 6.66. The van der Waals surface area contributed by atoms with Crippen LogP contribution in [0.15, 0.2) is 0 Å². The second kappa shape index (κ2) is 6.21. The van der Waals surface area contributed by atoms with Crippen molar-refractivity contribution < 1.29 is 9.53 Å². The maximum absolute atomic E-state index is 11.8. The molecule has 1 N–H and O–H groups in total. The average molecular weight is 241 g/mol. The number of morpholine rings is 1. The molecule has 1 atom stereocenters. The number of urea groups is 1. The molecule has 2 rings (SSSR count). The van der Waals surface area contributed by atoms with Crippen molar-refractivity contribution in [2.75, 3.05) is 45.9 Å². The zero-order valence-electron chi connectivity index (χ0n) is 10.7. The highest BCUT2D eigenvalue weighted by atomic mass is 16.5. The van der Waals surface area contributed by atoms with Crippen molar-refractivity contribution in [3.05, 3.63) is 0 Å². The van der Waals surface area contributed by atoms with Crippen molar-refractivity contribution in [2.45, 2.75) is 25.9 Å². The molecule has 2 fully saturated rings. The van der Waals surface area contributed by atoms with Crippen molar-refractivity contribution >= 4 is 6.03 Å². The first-order chi connectivity index (χ1) is 8.29. The molecule has 0 spiro atoms. The molecular formula is C12H23N3O2. The van der Waals surface area contributed by atoms with E-state index in [9.17, 15) is 4.79 Å². The number of amides is 2. The van der Waals surface area contributed by atoms with E-state index in [0.717, 1.165) is 52.2 Å². The van der Waals surface area contributed by atoms with Crippen LogP contribution in [0.3, 0.4) is 0 Å². The summed E-state index contributed by atoms with van der Waals surface area (Å²) in [6.07, 6.45) is 2.42. The third-order valence-electron chi connectivity index (χ3n) is 3.54. The smallest absolute Gasteiger partial charge is 0.317 e. The Morgan fingerprint density at radius 2 is 2.12 bits per heavy atom. The first kappa shape index (κ1) is 12.6. The minimum atomic E-state index is 0.0692. The van der Waals surface area contributed by atoms with E-state index in [-0.39, 0.29) is 12.1 Å². The summed E-state index contributed by atoms with van der Waals surface area (Å²) >= 11 is 0. The number of likely N-dealkylation sites (N-methyl/N-ethyl adjacent to an activating group) is 1. The highest BCUT2D eigenvalue weighted by molar-refractivity contribution is 5.74. The van der Waals surface area contributed by atoms with Gasteiger partial charge in [-0.1, -0.05) is 6.92 Å². The van der Waals surface area contributed by atoms with Crippen LogP contribution in [0, 0.1) is 0 Å². The molecule has 17 heavy (non-hydrogen) atoms. The van der Waals surface area contributed by atoms with E-state index < -0.39 is 0 Å². The van der Waals surface area contributed by atoms with Gasteiger partial charge in [0, 0.05) is 32.7 Å². The number of rotatable bonds is 3. The Labute approximate surface area is 103 Å². The maximum Gasteiger partial charge on any atom is 0.317 e. The molecule has 2 amide bonds. The molecular weight excluding hydrogens is 218 g/mol. The third-order valence-corrected chi connectivity index (χ3v) is 3.54. The van der Waals surface area contributed by atoms with Crippen LogP contribution in [0.25, 0.3) is 0 Å². The van der Waals surface area contributed by atoms with E-state index in [1.807, 2.05) is 4.90 Å². The van der Waals surface area contributed by atoms with E-state index >= 15 is 0 Å². The number of hydrogen-bond donors (Lipinski definition) is 1. The molecule has 0 saturated carbocycles. The van der Waals surface area contributed by atoms with Gasteiger partial charge in [0.25, 0.3) is 0 Å². The Morgan fingerprint density at radius 3 is 2.82 bits per heavy atom. The lowest BCUT2D eigenvalue weighted by atomic mass is 10.2. The summed E-state index contributed by atoms with van der Waals surface area (Å²) in [5.41, 5.74) is 0. The molecule has 0 aromatic carbocycles. The zero-order chi connectivity index (χ0) is 12.1. The Morgan fingerprint density at radius 1 is 1.35 bits per heavy atom. The number of hydrogen-bond acceptors (Lipinski definition) is 3. The van der Waals surface area contributed by atoms with Gasteiger partial charge < -0.3 is 15.0 Å². The standard InChI is InChI=1S/C12H23N3O2/c1-2-14-7-8-17-11(10-14)9-13-12(16)15-5-3-4-6-15/h11H,2-10H2,1H3,(H,13,16). The van der Waals surface area contributed by atoms with Gasteiger partial charge in [-0.15, -0.1) is 0 Å². The molecule has 0 aromatic heterocycles. The van der Waals surface area contributed by atoms with Crippen LogP contribution < -0.4 is 5.32 Å². The summed E-state index contributed by atoms with van der Waals surface area (Å²) in [6, 6.07) is 0.0692. The van der Waals surface area contributed by atoms with Crippen LogP contribution in [-0.2, 0) is 4.74 Å². The number of nitrogens with one attached hydrogen (secondary N) is 1. The summed E-state index contributed by atoms with van der Waals surface area (Å²) in [6.45, 7) is 8.36. The van der Waals surface area contributed by atoms with Gasteiger partial charge in [0.2, 0.25) is 0 Å². The SMILES string of the molecule is CCN1CCOC(CNC(=O)N2CCCC2)C1. The number of ether oxygens (including phenoxy) is 1. The zero-order valence-corrected chi connectivity index (χ0v) is 10.7. The molecule has 5 nitrogen and oxygen atoms in total. The summed E-state index contributed by atoms with van der Waals surface area (Å²) in [7, 11) is 0. The Bertz CT molecular complexity index is 254. The summed E-state index contributed by atoms with van der Waals surface area (Å²) in [4.78, 5) is 16.0. The Balaban J connectivity index is 1.68. The van der Waals surface area contributed by atoms with Gasteiger partial charge in [-0.25, -0.2) is 4.79 Å². The van der Waals surface area contributed by atoms with Gasteiger partial charge in [0.15, 0.2) is 0 Å². The normalized spacial score (nSPS) is 26.2. The molecule has 0 aromatic rings. The fourth-order valence-electron chi connectivity index (χ4n) is 2.42. The average Bonchev–Trinajstić information content (AvgIpc) is 2.90. The number of nitrogens with zero attached hydrogens (tertiary/aromatic N) is 2. The fraction of sp³-hybridized carbons (Fsp3) is 0.917. The molecule has 98 valence electrons. The highest BCUT2D eigenvalue weighted by Crippen LogP contribution is 2.08. The molecule has 2 heterocycles. The Hall–Kier alpha value is -0.810. The predicted octanol–water partition coefficient (Wildman–Crippen LogP) is 0.513. The molecule has 2 aliphatic rings. The maximum atomic E-state index is 11.8. The third kappa shape index (κ3) is 3.57. The topological polar surface area (TPSA) is 44.8 Å². The fourth-order valence-corrected chi connectivity index (χ4v) is 2.42. The van der Waals surface area contributed by atoms with Gasteiger partial charge in [-0.05, 0) is 19.4 Å². The second-order valence-corrected chi connectivity index (χ2v) is 4.77. The molecule has 2 aliphatic heterocycles. The van der Waals surface area contributed by atoms with Crippen LogP contribution in [-0.4, -0.2) is 67.8 Å². The van der Waals surface area contributed by atoms with E-state index in [4.69, 9.17) is 4.74 Å². The summed E-state index contributed by atoms with van der Waals surface area (Å²) < 4.78 is 5.65. The lowest BCUT2D eigenvalue weighted by molar-refractivity contribution is -0.0243. The van der Waals surface area contributed by atoms with Crippen molar-refractivity contribution in [3.8, 4) is 0 Å². The predicted molar refractivity (Wildman–Crippen MR) is 66.1 cm³/mol. The van der Waals surface area contributed by atoms with Crippen LogP contribution in [0.2, 0.25) is 0 Å². The summed E-state index contributed by atoms with van der Waals surface area (Å²) in [5, 5.41) is 2.97. The largest absolute Gasteiger partial charge is 0.374 e. The number of likely N-dealkylation sites (tertiary alicyclic amines) is 1. The molecule has 0 bridgehead atoms. The van der Waals surface area contributed by atoms with Gasteiger partial charge in [0.05, 0.1) is 12.7 Å². The van der Waals surface area contributed by atoms with Crippen LogP contribution in [0.4, 0.5) is 4.79 Å². The van der Waals surface area contributed by atoms with E-state index in [0.29, 0.717) is 6.54 Å². The van der Waals surface area contributed by atoms with Crippen LogP contribution in [0.1, 0.15) is 19.8 Å². The molecule has 1 unspecified atom stereocenters. The molecule has 5 heteroatoms.